The van der Waals surface area contributed by atoms with Gasteiger partial charge >= 0.3 is 0 Å². The van der Waals surface area contributed by atoms with Crippen LogP contribution in [0.4, 0.5) is 0 Å². The summed E-state index contributed by atoms with van der Waals surface area (Å²) in [6.07, 6.45) is 9.49. The molecular formula is C18H21N3O2. The zero-order chi connectivity index (χ0) is 15.4. The number of nitrogens with zero attached hydrogens (tertiary/aromatic N) is 2. The molecule has 2 atom stereocenters. The SMILES string of the molecule is NC1N2CCC(CC2)[C@]12Cc1cc(Cc3ccoc3)cnc1O2. The molecule has 3 saturated heterocycles. The van der Waals surface area contributed by atoms with Gasteiger partial charge in [-0.25, -0.2) is 4.98 Å². The first-order chi connectivity index (χ1) is 11.2. The number of fused-ring (bicyclic) bond motifs is 3. The summed E-state index contributed by atoms with van der Waals surface area (Å²) in [5.74, 6) is 1.33. The molecular weight excluding hydrogens is 290 g/mol. The van der Waals surface area contributed by atoms with Gasteiger partial charge in [-0.15, -0.1) is 0 Å². The maximum atomic E-state index is 6.55. The van der Waals surface area contributed by atoms with Gasteiger partial charge in [0, 0.05) is 43.6 Å². The zero-order valence-corrected chi connectivity index (χ0v) is 13.1. The Hall–Kier alpha value is -1.85. The van der Waals surface area contributed by atoms with E-state index in [-0.39, 0.29) is 11.8 Å². The highest BCUT2D eigenvalue weighted by Gasteiger charge is 2.57. The van der Waals surface area contributed by atoms with Gasteiger partial charge in [0.05, 0.1) is 18.7 Å². The summed E-state index contributed by atoms with van der Waals surface area (Å²) in [7, 11) is 0. The molecule has 4 aliphatic rings. The Morgan fingerprint density at radius 2 is 2.17 bits per heavy atom. The second kappa shape index (κ2) is 4.82. The van der Waals surface area contributed by atoms with Gasteiger partial charge in [-0.2, -0.15) is 0 Å². The van der Waals surface area contributed by atoms with Crippen molar-refractivity contribution in [1.29, 1.82) is 0 Å². The van der Waals surface area contributed by atoms with Gasteiger partial charge in [0.25, 0.3) is 0 Å². The number of piperidine rings is 3. The average molecular weight is 311 g/mol. The number of rotatable bonds is 2. The van der Waals surface area contributed by atoms with Gasteiger partial charge in [0.15, 0.2) is 0 Å². The second-order valence-corrected chi connectivity index (χ2v) is 7.11. The summed E-state index contributed by atoms with van der Waals surface area (Å²) in [6.45, 7) is 2.21. The fourth-order valence-corrected chi connectivity index (χ4v) is 4.61. The molecule has 0 aromatic carbocycles. The van der Waals surface area contributed by atoms with Crippen LogP contribution in [0.2, 0.25) is 0 Å². The molecule has 2 bridgehead atoms. The van der Waals surface area contributed by atoms with Crippen LogP contribution in [0, 0.1) is 5.92 Å². The topological polar surface area (TPSA) is 64.5 Å². The predicted molar refractivity (Wildman–Crippen MR) is 85.1 cm³/mol. The van der Waals surface area contributed by atoms with E-state index in [4.69, 9.17) is 14.9 Å². The van der Waals surface area contributed by atoms with E-state index in [0.717, 1.165) is 31.8 Å². The highest BCUT2D eigenvalue weighted by Crippen LogP contribution is 2.48. The molecule has 2 aromatic heterocycles. The van der Waals surface area contributed by atoms with Crippen molar-refractivity contribution in [3.8, 4) is 5.88 Å². The van der Waals surface area contributed by atoms with Crippen LogP contribution >= 0.6 is 0 Å². The summed E-state index contributed by atoms with van der Waals surface area (Å²) in [4.78, 5) is 6.95. The summed E-state index contributed by atoms with van der Waals surface area (Å²) in [6, 6.07) is 4.23. The minimum atomic E-state index is -0.264. The van der Waals surface area contributed by atoms with Gasteiger partial charge < -0.3 is 14.9 Å². The highest BCUT2D eigenvalue weighted by molar-refractivity contribution is 5.39. The summed E-state index contributed by atoms with van der Waals surface area (Å²) in [5, 5.41) is 0. The van der Waals surface area contributed by atoms with Crippen LogP contribution in [-0.4, -0.2) is 34.7 Å². The van der Waals surface area contributed by atoms with Crippen molar-refractivity contribution in [1.82, 2.24) is 9.88 Å². The van der Waals surface area contributed by atoms with E-state index in [1.807, 2.05) is 12.3 Å². The van der Waals surface area contributed by atoms with Crippen LogP contribution in [0.5, 0.6) is 5.88 Å². The van der Waals surface area contributed by atoms with Crippen LogP contribution in [0.25, 0.3) is 0 Å². The Kier molecular flexibility index (Phi) is 2.85. The molecule has 5 heteroatoms. The first kappa shape index (κ1) is 13.6. The van der Waals surface area contributed by atoms with Crippen molar-refractivity contribution in [2.24, 2.45) is 11.7 Å². The molecule has 1 spiro atoms. The Morgan fingerprint density at radius 3 is 2.91 bits per heavy atom. The van der Waals surface area contributed by atoms with Crippen LogP contribution < -0.4 is 10.5 Å². The molecule has 1 unspecified atom stereocenters. The molecule has 4 aliphatic heterocycles. The maximum absolute atomic E-state index is 6.55. The molecule has 120 valence electrons. The zero-order valence-electron chi connectivity index (χ0n) is 13.1. The summed E-state index contributed by atoms with van der Waals surface area (Å²) >= 11 is 0. The van der Waals surface area contributed by atoms with E-state index in [0.29, 0.717) is 5.92 Å². The van der Waals surface area contributed by atoms with Crippen LogP contribution in [-0.2, 0) is 12.8 Å². The number of hydrogen-bond donors (Lipinski definition) is 1. The molecule has 6 rings (SSSR count). The Labute approximate surface area is 135 Å². The third kappa shape index (κ3) is 1.96. The number of pyridine rings is 1. The third-order valence-corrected chi connectivity index (χ3v) is 5.84. The number of hydrogen-bond acceptors (Lipinski definition) is 5. The molecule has 0 saturated carbocycles. The number of furan rings is 1. The van der Waals surface area contributed by atoms with Gasteiger partial charge in [-0.05, 0) is 36.1 Å². The van der Waals surface area contributed by atoms with Crippen molar-refractivity contribution >= 4 is 0 Å². The van der Waals surface area contributed by atoms with Crippen molar-refractivity contribution in [3.05, 3.63) is 47.5 Å². The number of ether oxygens (including phenoxy) is 1. The molecule has 6 heterocycles. The number of nitrogens with two attached hydrogens (primary N) is 1. The van der Waals surface area contributed by atoms with Gasteiger partial charge in [-0.1, -0.05) is 0 Å². The maximum Gasteiger partial charge on any atom is 0.217 e. The fourth-order valence-electron chi connectivity index (χ4n) is 4.61. The van der Waals surface area contributed by atoms with E-state index in [1.54, 1.807) is 12.5 Å². The quantitative estimate of drug-likeness (QED) is 0.918. The highest BCUT2D eigenvalue weighted by atomic mass is 16.5. The Morgan fingerprint density at radius 1 is 1.30 bits per heavy atom. The molecule has 3 fully saturated rings. The van der Waals surface area contributed by atoms with E-state index in [9.17, 15) is 0 Å². The van der Waals surface area contributed by atoms with E-state index in [1.165, 1.54) is 29.5 Å². The molecule has 5 nitrogen and oxygen atoms in total. The summed E-state index contributed by atoms with van der Waals surface area (Å²) < 4.78 is 11.5. The van der Waals surface area contributed by atoms with Crippen LogP contribution in [0.1, 0.15) is 29.5 Å². The molecule has 2 aromatic rings. The van der Waals surface area contributed by atoms with Crippen molar-refractivity contribution < 1.29 is 9.15 Å². The van der Waals surface area contributed by atoms with Crippen molar-refractivity contribution in [2.75, 3.05) is 13.1 Å². The largest absolute Gasteiger partial charge is 0.472 e. The Bertz CT molecular complexity index is 718. The van der Waals surface area contributed by atoms with E-state index >= 15 is 0 Å². The van der Waals surface area contributed by atoms with Crippen LogP contribution in [0.15, 0.2) is 35.3 Å². The smallest absolute Gasteiger partial charge is 0.217 e. The number of aromatic nitrogens is 1. The molecule has 0 aliphatic carbocycles. The second-order valence-electron chi connectivity index (χ2n) is 7.11. The van der Waals surface area contributed by atoms with E-state index < -0.39 is 0 Å². The average Bonchev–Trinajstić information content (AvgIpc) is 3.20. The van der Waals surface area contributed by atoms with Crippen molar-refractivity contribution in [3.63, 3.8) is 0 Å². The lowest BCUT2D eigenvalue weighted by Gasteiger charge is -2.54. The van der Waals surface area contributed by atoms with E-state index in [2.05, 4.69) is 16.0 Å². The van der Waals surface area contributed by atoms with Gasteiger partial charge in [0.1, 0.15) is 5.60 Å². The first-order valence-corrected chi connectivity index (χ1v) is 8.42. The summed E-state index contributed by atoms with van der Waals surface area (Å²) in [5.41, 5.74) is 9.85. The lowest BCUT2D eigenvalue weighted by molar-refractivity contribution is -0.126. The molecule has 0 amide bonds. The Balaban J connectivity index is 1.45. The third-order valence-electron chi connectivity index (χ3n) is 5.84. The predicted octanol–water partition coefficient (Wildman–Crippen LogP) is 1.95. The van der Waals surface area contributed by atoms with Gasteiger partial charge in [0.2, 0.25) is 5.88 Å². The normalized spacial score (nSPS) is 34.6. The lowest BCUT2D eigenvalue weighted by Crippen LogP contribution is -2.71. The first-order valence-electron chi connectivity index (χ1n) is 8.42. The minimum Gasteiger partial charge on any atom is -0.472 e. The molecule has 2 N–H and O–H groups in total. The fraction of sp³-hybridized carbons (Fsp3) is 0.500. The lowest BCUT2D eigenvalue weighted by atomic mass is 9.71. The molecule has 0 radical (unpaired) electrons. The molecule has 23 heavy (non-hydrogen) atoms. The standard InChI is InChI=1S/C18H21N3O2/c19-17-18(15-1-4-21(17)5-2-15)9-14-8-13(10-20-16(14)23-18)7-12-3-6-22-11-12/h3,6,8,10-11,15,17H,1-2,4-5,7,9,19H2/t17?,18-/m1/s1. The van der Waals surface area contributed by atoms with Crippen molar-refractivity contribution in [2.45, 2.75) is 37.5 Å². The van der Waals surface area contributed by atoms with Gasteiger partial charge in [-0.3, -0.25) is 4.90 Å². The monoisotopic (exact) mass is 311 g/mol. The minimum absolute atomic E-state index is 0.0125. The van der Waals surface area contributed by atoms with Crippen LogP contribution in [0.3, 0.4) is 0 Å².